The lowest BCUT2D eigenvalue weighted by Gasteiger charge is -2.27. The number of unbranched alkanes of at least 4 members (excludes halogenated alkanes) is 1. The number of hydrogen-bond acceptors (Lipinski definition) is 14. The molecule has 7 amide bonds. The monoisotopic (exact) mass is 1160 g/mol. The normalized spacial score (nSPS) is 13.6. The number of alkyl carbamates (subject to hydrolysis) is 2. The van der Waals surface area contributed by atoms with Crippen molar-refractivity contribution in [2.75, 3.05) is 19.6 Å². The van der Waals surface area contributed by atoms with Gasteiger partial charge in [0, 0.05) is 6.54 Å². The largest absolute Gasteiger partial charge is 0.459 e. The molecule has 7 atom stereocenters. The third kappa shape index (κ3) is 25.2. The summed E-state index contributed by atoms with van der Waals surface area (Å²) in [6, 6.07) is 40.2. The van der Waals surface area contributed by atoms with Gasteiger partial charge in [-0.25, -0.2) is 14.4 Å². The Hall–Kier alpha value is -8.66. The van der Waals surface area contributed by atoms with Crippen LogP contribution in [0.5, 0.6) is 0 Å². The van der Waals surface area contributed by atoms with E-state index in [9.17, 15) is 38.4 Å². The Balaban J connectivity index is 1.28. The molecule has 21 heteroatoms. The first kappa shape index (κ1) is 66.1. The van der Waals surface area contributed by atoms with Crippen LogP contribution in [0.4, 0.5) is 9.59 Å². The zero-order valence-electron chi connectivity index (χ0n) is 48.5. The van der Waals surface area contributed by atoms with Crippen molar-refractivity contribution in [2.24, 2.45) is 0 Å². The molecule has 0 radical (unpaired) electrons. The van der Waals surface area contributed by atoms with Gasteiger partial charge in [0.05, 0.1) is 51.2 Å². The highest BCUT2D eigenvalue weighted by atomic mass is 16.6. The van der Waals surface area contributed by atoms with Crippen LogP contribution in [0.3, 0.4) is 0 Å². The van der Waals surface area contributed by atoms with E-state index in [0.29, 0.717) is 12.0 Å². The average molecular weight is 1160 g/mol. The molecule has 0 aliphatic rings. The summed E-state index contributed by atoms with van der Waals surface area (Å²) in [7, 11) is 0. The van der Waals surface area contributed by atoms with E-state index in [0.717, 1.165) is 22.3 Å². The first-order valence-electron chi connectivity index (χ1n) is 27.9. The van der Waals surface area contributed by atoms with E-state index in [1.807, 2.05) is 127 Å². The Morgan fingerprint density at radius 3 is 1.21 bits per heavy atom. The summed E-state index contributed by atoms with van der Waals surface area (Å²) in [4.78, 5) is 109. The number of amides is 7. The number of ether oxygens (including phenoxy) is 6. The van der Waals surface area contributed by atoms with Gasteiger partial charge in [-0.05, 0) is 88.6 Å². The van der Waals surface area contributed by atoms with Crippen LogP contribution in [0.25, 0.3) is 0 Å². The molecule has 5 aromatic rings. The van der Waals surface area contributed by atoms with Gasteiger partial charge in [0.1, 0.15) is 36.9 Å². The van der Waals surface area contributed by atoms with E-state index in [1.165, 1.54) is 0 Å². The molecular weight excluding hydrogens is 1080 g/mol. The number of carbonyl (C=O) groups excluding carboxylic acids is 8. The minimum atomic E-state index is -1.44. The van der Waals surface area contributed by atoms with E-state index < -0.39 is 109 Å². The molecule has 0 saturated heterocycles. The summed E-state index contributed by atoms with van der Waals surface area (Å²) in [6.45, 7) is 8.76. The first-order chi connectivity index (χ1) is 40.3. The SMILES string of the molecule is C[C@@H](OCc1ccccc1)[C@H](NC(=O)CNC(=O)[C@@H](NC(=O)OC(C)(C)C)[C@@H](C)OCc1ccccc1)C(=O)NCC(=O)N[C@@H](CCCCNC(=O)OCc1ccccc1)C(=O)N[C@H](C(=O)OCc1ccccc1)[C@@H](C)OCc1ccccc1. The summed E-state index contributed by atoms with van der Waals surface area (Å²) in [6.07, 6.45) is -3.76. The maximum atomic E-state index is 14.4. The van der Waals surface area contributed by atoms with Crippen LogP contribution in [-0.2, 0) is 90.2 Å². The van der Waals surface area contributed by atoms with Gasteiger partial charge in [-0.2, -0.15) is 0 Å². The van der Waals surface area contributed by atoms with Crippen molar-refractivity contribution in [3.05, 3.63) is 179 Å². The van der Waals surface area contributed by atoms with E-state index in [4.69, 9.17) is 28.4 Å². The minimum Gasteiger partial charge on any atom is -0.459 e. The molecule has 7 N–H and O–H groups in total. The molecule has 0 bridgehead atoms. The number of carbonyl (C=O) groups is 8. The predicted octanol–water partition coefficient (Wildman–Crippen LogP) is 6.22. The number of hydrogen-bond donors (Lipinski definition) is 7. The van der Waals surface area contributed by atoms with Crippen molar-refractivity contribution in [3.63, 3.8) is 0 Å². The highest BCUT2D eigenvalue weighted by Gasteiger charge is 2.35. The highest BCUT2D eigenvalue weighted by molar-refractivity contribution is 5.95. The summed E-state index contributed by atoms with van der Waals surface area (Å²) in [5.74, 6) is -4.84. The quantitative estimate of drug-likeness (QED) is 0.0140. The maximum absolute atomic E-state index is 14.4. The molecule has 84 heavy (non-hydrogen) atoms. The zero-order chi connectivity index (χ0) is 60.7. The van der Waals surface area contributed by atoms with Crippen LogP contribution in [0.15, 0.2) is 152 Å². The molecule has 0 aromatic heterocycles. The average Bonchev–Trinajstić information content (AvgIpc) is 3.61. The predicted molar refractivity (Wildman–Crippen MR) is 312 cm³/mol. The van der Waals surface area contributed by atoms with E-state index >= 15 is 0 Å². The first-order valence-corrected chi connectivity index (χ1v) is 27.9. The van der Waals surface area contributed by atoms with Crippen LogP contribution >= 0.6 is 0 Å². The van der Waals surface area contributed by atoms with Crippen molar-refractivity contribution in [3.8, 4) is 0 Å². The number of rotatable bonds is 33. The summed E-state index contributed by atoms with van der Waals surface area (Å²) in [5.41, 5.74) is 3.01. The molecular formula is C63H79N7O14. The molecule has 0 saturated carbocycles. The second-order valence-electron chi connectivity index (χ2n) is 20.8. The van der Waals surface area contributed by atoms with Crippen molar-refractivity contribution < 1.29 is 66.8 Å². The van der Waals surface area contributed by atoms with Gasteiger partial charge in [0.25, 0.3) is 0 Å². The van der Waals surface area contributed by atoms with Crippen LogP contribution in [0.1, 0.15) is 88.6 Å². The fourth-order valence-electron chi connectivity index (χ4n) is 8.09. The van der Waals surface area contributed by atoms with Gasteiger partial charge in [-0.15, -0.1) is 0 Å². The molecule has 0 aliphatic carbocycles. The third-order valence-corrected chi connectivity index (χ3v) is 12.7. The molecule has 0 spiro atoms. The molecule has 5 rings (SSSR count). The number of nitrogens with one attached hydrogen (secondary N) is 7. The van der Waals surface area contributed by atoms with Crippen LogP contribution in [-0.4, -0.2) is 115 Å². The Morgan fingerprint density at radius 2 is 0.786 bits per heavy atom. The molecule has 0 fully saturated rings. The minimum absolute atomic E-state index is 0.0120. The standard InChI is InChI=1S/C63H79N7O14/c1-43(79-38-46-24-12-7-13-25-46)54(68-53(72)37-66-59(75)55(70-62(78)84-63(4,5)6)44(2)80-39-47-26-14-8-15-27-47)58(74)65-36-52(71)67-51(34-22-23-35-64-61(77)83-42-50-32-20-11-21-33-50)57(73)69-56(45(3)81-40-48-28-16-9-17-29-48)60(76)82-41-49-30-18-10-19-31-49/h7-21,24-33,43-45,51,54-56H,22-23,34-42H2,1-6H3,(H,64,77)(H,65,74)(H,66,75)(H,67,71)(H,68,72)(H,69,73)(H,70,78)/t43-,44-,45-,51+,54+,55+,56+/m1/s1. The van der Waals surface area contributed by atoms with E-state index in [2.05, 4.69) is 37.2 Å². The van der Waals surface area contributed by atoms with Crippen molar-refractivity contribution in [2.45, 2.75) is 142 Å². The lowest BCUT2D eigenvalue weighted by molar-refractivity contribution is -0.154. The molecule has 0 aliphatic heterocycles. The van der Waals surface area contributed by atoms with Gasteiger partial charge in [-0.3, -0.25) is 24.0 Å². The molecule has 21 nitrogen and oxygen atoms in total. The molecule has 0 unspecified atom stereocenters. The van der Waals surface area contributed by atoms with Crippen LogP contribution in [0.2, 0.25) is 0 Å². The summed E-state index contributed by atoms with van der Waals surface area (Å²) < 4.78 is 34.5. The van der Waals surface area contributed by atoms with Crippen LogP contribution < -0.4 is 37.2 Å². The topological polar surface area (TPSA) is 276 Å². The Bertz CT molecular complexity index is 2830. The molecule has 5 aromatic carbocycles. The lowest BCUT2D eigenvalue weighted by Crippen LogP contribution is -2.58. The highest BCUT2D eigenvalue weighted by Crippen LogP contribution is 2.14. The Labute approximate surface area is 491 Å². The Kier molecular flexibility index (Phi) is 27.8. The smallest absolute Gasteiger partial charge is 0.408 e. The summed E-state index contributed by atoms with van der Waals surface area (Å²) in [5, 5.41) is 18.3. The second kappa shape index (κ2) is 35.4. The summed E-state index contributed by atoms with van der Waals surface area (Å²) >= 11 is 0. The van der Waals surface area contributed by atoms with Crippen molar-refractivity contribution in [1.82, 2.24) is 37.2 Å². The molecule has 450 valence electrons. The number of benzene rings is 5. The fraction of sp³-hybridized carbons (Fsp3) is 0.397. The van der Waals surface area contributed by atoms with Gasteiger partial charge < -0.3 is 65.6 Å². The second-order valence-corrected chi connectivity index (χ2v) is 20.8. The fourth-order valence-corrected chi connectivity index (χ4v) is 8.09. The lowest BCUT2D eigenvalue weighted by atomic mass is 10.1. The van der Waals surface area contributed by atoms with E-state index in [-0.39, 0.29) is 52.4 Å². The zero-order valence-corrected chi connectivity index (χ0v) is 48.5. The van der Waals surface area contributed by atoms with Gasteiger partial charge in [-0.1, -0.05) is 152 Å². The van der Waals surface area contributed by atoms with Gasteiger partial charge in [0.15, 0.2) is 6.04 Å². The number of esters is 1. The van der Waals surface area contributed by atoms with E-state index in [1.54, 1.807) is 65.8 Å². The Morgan fingerprint density at radius 1 is 0.405 bits per heavy atom. The van der Waals surface area contributed by atoms with Gasteiger partial charge in [0.2, 0.25) is 29.5 Å². The third-order valence-electron chi connectivity index (χ3n) is 12.7. The maximum Gasteiger partial charge on any atom is 0.408 e. The van der Waals surface area contributed by atoms with Crippen LogP contribution in [0, 0.1) is 0 Å². The van der Waals surface area contributed by atoms with Crippen molar-refractivity contribution in [1.29, 1.82) is 0 Å². The van der Waals surface area contributed by atoms with Crippen molar-refractivity contribution >= 4 is 47.7 Å². The van der Waals surface area contributed by atoms with Gasteiger partial charge >= 0.3 is 18.2 Å². The molecule has 0 heterocycles.